The molecule has 3 aromatic rings. The maximum absolute atomic E-state index is 12.9. The minimum absolute atomic E-state index is 0.0724. The molecular formula is C19H20N4O3. The number of nitrogens with zero attached hydrogens (tertiary/aromatic N) is 4. The average Bonchev–Trinajstić information content (AvgIpc) is 3.10. The van der Waals surface area contributed by atoms with Crippen LogP contribution in [0.1, 0.15) is 36.8 Å². The van der Waals surface area contributed by atoms with Crippen LogP contribution in [0, 0.1) is 6.92 Å². The van der Waals surface area contributed by atoms with Crippen molar-refractivity contribution in [1.29, 1.82) is 0 Å². The summed E-state index contributed by atoms with van der Waals surface area (Å²) in [4.78, 5) is 27.3. The van der Waals surface area contributed by atoms with E-state index in [0.29, 0.717) is 11.9 Å². The van der Waals surface area contributed by atoms with Crippen LogP contribution < -0.4 is 5.56 Å². The highest BCUT2D eigenvalue weighted by atomic mass is 16.5. The van der Waals surface area contributed by atoms with Gasteiger partial charge in [0.1, 0.15) is 18.0 Å². The number of piperidine rings is 1. The molecule has 0 radical (unpaired) electrons. The number of aromatic nitrogens is 3. The number of aryl methyl sites for hydroxylation is 1. The summed E-state index contributed by atoms with van der Waals surface area (Å²) < 4.78 is 6.42. The van der Waals surface area contributed by atoms with Crippen LogP contribution in [0.4, 0.5) is 0 Å². The lowest BCUT2D eigenvalue weighted by Gasteiger charge is -2.34. The summed E-state index contributed by atoms with van der Waals surface area (Å²) in [6, 6.07) is 9.02. The summed E-state index contributed by atoms with van der Waals surface area (Å²) in [7, 11) is 0. The van der Waals surface area contributed by atoms with Crippen LogP contribution in [-0.4, -0.2) is 32.3 Å². The molecule has 1 amide bonds. The molecule has 1 atom stereocenters. The molecule has 26 heavy (non-hydrogen) atoms. The Hall–Kier alpha value is -2.96. The molecule has 0 spiro atoms. The third-order valence-electron chi connectivity index (χ3n) is 4.86. The van der Waals surface area contributed by atoms with Gasteiger partial charge in [-0.25, -0.2) is 4.68 Å². The van der Waals surface area contributed by atoms with Crippen LogP contribution >= 0.6 is 0 Å². The molecule has 1 saturated heterocycles. The van der Waals surface area contributed by atoms with Crippen LogP contribution in [0.25, 0.3) is 10.8 Å². The zero-order valence-corrected chi connectivity index (χ0v) is 14.6. The molecule has 2 aromatic heterocycles. The van der Waals surface area contributed by atoms with Gasteiger partial charge in [-0.05, 0) is 32.3 Å². The van der Waals surface area contributed by atoms with E-state index in [1.807, 2.05) is 31.2 Å². The van der Waals surface area contributed by atoms with Gasteiger partial charge in [0.2, 0.25) is 5.91 Å². The smallest absolute Gasteiger partial charge is 0.275 e. The molecule has 7 nitrogen and oxygen atoms in total. The monoisotopic (exact) mass is 352 g/mol. The first kappa shape index (κ1) is 16.5. The molecular weight excluding hydrogens is 332 g/mol. The Labute approximate surface area is 150 Å². The minimum atomic E-state index is -0.248. The van der Waals surface area contributed by atoms with Crippen molar-refractivity contribution in [2.75, 3.05) is 6.54 Å². The van der Waals surface area contributed by atoms with Gasteiger partial charge in [-0.1, -0.05) is 23.4 Å². The molecule has 0 saturated carbocycles. The summed E-state index contributed by atoms with van der Waals surface area (Å²) in [5, 5.41) is 9.59. The Bertz CT molecular complexity index is 1010. The molecule has 7 heteroatoms. The topological polar surface area (TPSA) is 81.2 Å². The van der Waals surface area contributed by atoms with Gasteiger partial charge in [-0.3, -0.25) is 9.59 Å². The van der Waals surface area contributed by atoms with Crippen LogP contribution in [-0.2, 0) is 11.3 Å². The molecule has 1 aliphatic rings. The highest BCUT2D eigenvalue weighted by Gasteiger charge is 2.30. The minimum Gasteiger partial charge on any atom is -0.361 e. The van der Waals surface area contributed by atoms with Gasteiger partial charge in [0.25, 0.3) is 5.56 Å². The first-order chi connectivity index (χ1) is 12.6. The molecule has 1 aromatic carbocycles. The number of carbonyl (C=O) groups excluding carboxylic acids is 1. The van der Waals surface area contributed by atoms with Crippen molar-refractivity contribution in [3.63, 3.8) is 0 Å². The van der Waals surface area contributed by atoms with Crippen LogP contribution in [0.3, 0.4) is 0 Å². The standard InChI is InChI=1S/C19H20N4O3/c1-13-10-16(21-26-13)17-8-4-5-9-22(17)18(24)12-23-19(25)15-7-3-2-6-14(15)11-20-23/h2-3,6-7,10-11,17H,4-5,8-9,12H2,1H3/t17-/m1/s1. The Kier molecular flexibility index (Phi) is 4.28. The van der Waals surface area contributed by atoms with Gasteiger partial charge in [-0.15, -0.1) is 0 Å². The lowest BCUT2D eigenvalue weighted by Crippen LogP contribution is -2.42. The number of fused-ring (bicyclic) bond motifs is 1. The first-order valence-electron chi connectivity index (χ1n) is 8.81. The number of amides is 1. The third kappa shape index (κ3) is 3.00. The van der Waals surface area contributed by atoms with E-state index < -0.39 is 0 Å². The van der Waals surface area contributed by atoms with E-state index in [1.54, 1.807) is 17.2 Å². The molecule has 4 rings (SSSR count). The molecule has 134 valence electrons. The normalized spacial score (nSPS) is 17.6. The quantitative estimate of drug-likeness (QED) is 0.723. The predicted molar refractivity (Wildman–Crippen MR) is 95.5 cm³/mol. The zero-order chi connectivity index (χ0) is 18.1. The molecule has 0 bridgehead atoms. The fourth-order valence-electron chi connectivity index (χ4n) is 3.54. The van der Waals surface area contributed by atoms with E-state index >= 15 is 0 Å². The van der Waals surface area contributed by atoms with Crippen LogP contribution in [0.15, 0.2) is 45.8 Å². The van der Waals surface area contributed by atoms with Crippen LogP contribution in [0.2, 0.25) is 0 Å². The van der Waals surface area contributed by atoms with Gasteiger partial charge < -0.3 is 9.42 Å². The van der Waals surface area contributed by atoms with Gasteiger partial charge in [-0.2, -0.15) is 5.10 Å². The highest BCUT2D eigenvalue weighted by Crippen LogP contribution is 2.30. The number of likely N-dealkylation sites (tertiary alicyclic amines) is 1. The van der Waals surface area contributed by atoms with E-state index in [1.165, 1.54) is 4.68 Å². The van der Waals surface area contributed by atoms with Gasteiger partial charge in [0, 0.05) is 18.0 Å². The van der Waals surface area contributed by atoms with Crippen molar-refractivity contribution in [1.82, 2.24) is 19.8 Å². The SMILES string of the molecule is Cc1cc([C@H]2CCCCN2C(=O)Cn2ncc3ccccc3c2=O)no1. The number of hydrogen-bond donors (Lipinski definition) is 0. The predicted octanol–water partition coefficient (Wildman–Crippen LogP) is 2.45. The molecule has 1 aliphatic heterocycles. The molecule has 0 N–H and O–H groups in total. The third-order valence-corrected chi connectivity index (χ3v) is 4.86. The molecule has 3 heterocycles. The first-order valence-corrected chi connectivity index (χ1v) is 8.81. The maximum atomic E-state index is 12.9. The number of rotatable bonds is 3. The molecule has 0 unspecified atom stereocenters. The van der Waals surface area contributed by atoms with E-state index in [9.17, 15) is 9.59 Å². The summed E-state index contributed by atoms with van der Waals surface area (Å²) in [5.41, 5.74) is 0.525. The number of benzene rings is 1. The largest absolute Gasteiger partial charge is 0.361 e. The molecule has 1 fully saturated rings. The lowest BCUT2D eigenvalue weighted by molar-refractivity contribution is -0.136. The average molecular weight is 352 g/mol. The fraction of sp³-hybridized carbons (Fsp3) is 0.368. The van der Waals surface area contributed by atoms with E-state index in [2.05, 4.69) is 10.3 Å². The zero-order valence-electron chi connectivity index (χ0n) is 14.6. The Morgan fingerprint density at radius 3 is 2.96 bits per heavy atom. The van der Waals surface area contributed by atoms with Gasteiger partial charge in [0.15, 0.2) is 0 Å². The highest BCUT2D eigenvalue weighted by molar-refractivity contribution is 5.81. The lowest BCUT2D eigenvalue weighted by atomic mass is 9.99. The van der Waals surface area contributed by atoms with Crippen molar-refractivity contribution in [3.05, 3.63) is 58.3 Å². The second-order valence-electron chi connectivity index (χ2n) is 6.66. The summed E-state index contributed by atoms with van der Waals surface area (Å²) in [6.07, 6.45) is 4.45. The Balaban J connectivity index is 1.60. The Morgan fingerprint density at radius 1 is 1.31 bits per heavy atom. The summed E-state index contributed by atoms with van der Waals surface area (Å²) in [6.45, 7) is 2.42. The van der Waals surface area contributed by atoms with Crippen molar-refractivity contribution in [2.24, 2.45) is 0 Å². The van der Waals surface area contributed by atoms with E-state index in [-0.39, 0.29) is 24.1 Å². The van der Waals surface area contributed by atoms with Gasteiger partial charge >= 0.3 is 0 Å². The summed E-state index contributed by atoms with van der Waals surface area (Å²) in [5.74, 6) is 0.602. The van der Waals surface area contributed by atoms with E-state index in [0.717, 1.165) is 36.1 Å². The van der Waals surface area contributed by atoms with Gasteiger partial charge in [0.05, 0.1) is 17.6 Å². The number of carbonyl (C=O) groups is 1. The van der Waals surface area contributed by atoms with Crippen molar-refractivity contribution in [3.8, 4) is 0 Å². The second kappa shape index (κ2) is 6.74. The number of hydrogen-bond acceptors (Lipinski definition) is 5. The maximum Gasteiger partial charge on any atom is 0.275 e. The second-order valence-corrected chi connectivity index (χ2v) is 6.66. The van der Waals surface area contributed by atoms with E-state index in [4.69, 9.17) is 4.52 Å². The van der Waals surface area contributed by atoms with Crippen molar-refractivity contribution < 1.29 is 9.32 Å². The van der Waals surface area contributed by atoms with Crippen molar-refractivity contribution in [2.45, 2.75) is 38.8 Å². The molecule has 0 aliphatic carbocycles. The Morgan fingerprint density at radius 2 is 2.15 bits per heavy atom. The van der Waals surface area contributed by atoms with Crippen molar-refractivity contribution >= 4 is 16.7 Å². The van der Waals surface area contributed by atoms with Crippen LogP contribution in [0.5, 0.6) is 0 Å². The fourth-order valence-corrected chi connectivity index (χ4v) is 3.54. The summed E-state index contributed by atoms with van der Waals surface area (Å²) >= 11 is 0.